The Morgan fingerprint density at radius 2 is 1.64 bits per heavy atom. The summed E-state index contributed by atoms with van der Waals surface area (Å²) in [7, 11) is 0. The average Bonchev–Trinajstić information content (AvgIpc) is 3.03. The van der Waals surface area contributed by atoms with Crippen LogP contribution in [0.15, 0.2) is 73.3 Å². The molecule has 3 nitrogen and oxygen atoms in total. The van der Waals surface area contributed by atoms with E-state index in [0.717, 1.165) is 18.7 Å². The van der Waals surface area contributed by atoms with Crippen LogP contribution in [0.1, 0.15) is 11.1 Å². The number of ether oxygens (including phenoxy) is 1. The van der Waals surface area contributed by atoms with Crippen LogP contribution in [0.3, 0.4) is 0 Å². The van der Waals surface area contributed by atoms with Gasteiger partial charge in [-0.05, 0) is 29.7 Å². The van der Waals surface area contributed by atoms with Crippen LogP contribution < -0.4 is 4.74 Å². The molecular weight excluding hydrogens is 296 g/mol. The molecule has 0 saturated carbocycles. The van der Waals surface area contributed by atoms with Gasteiger partial charge in [-0.3, -0.25) is 0 Å². The van der Waals surface area contributed by atoms with Crippen molar-refractivity contribution in [1.29, 1.82) is 0 Å². The van der Waals surface area contributed by atoms with E-state index in [-0.39, 0.29) is 12.4 Å². The molecule has 0 amide bonds. The molecule has 0 spiro atoms. The van der Waals surface area contributed by atoms with Crippen molar-refractivity contribution in [3.05, 3.63) is 84.4 Å². The number of imidazole rings is 1. The minimum absolute atomic E-state index is 0. The van der Waals surface area contributed by atoms with E-state index in [9.17, 15) is 0 Å². The molecule has 0 bridgehead atoms. The van der Waals surface area contributed by atoms with E-state index >= 15 is 0 Å². The Labute approximate surface area is 137 Å². The van der Waals surface area contributed by atoms with Gasteiger partial charge in [0.1, 0.15) is 12.4 Å². The fourth-order valence-electron chi connectivity index (χ4n) is 2.22. The van der Waals surface area contributed by atoms with Crippen molar-refractivity contribution in [2.24, 2.45) is 0 Å². The molecule has 0 aliphatic carbocycles. The first-order chi connectivity index (χ1) is 10.4. The molecule has 1 heterocycles. The highest BCUT2D eigenvalue weighted by Crippen LogP contribution is 2.15. The molecule has 0 saturated heterocycles. The second kappa shape index (κ2) is 8.25. The monoisotopic (exact) mass is 314 g/mol. The number of aromatic nitrogens is 2. The van der Waals surface area contributed by atoms with Crippen LogP contribution in [0.25, 0.3) is 0 Å². The molecule has 0 N–H and O–H groups in total. The van der Waals surface area contributed by atoms with Gasteiger partial charge in [-0.25, -0.2) is 4.98 Å². The number of nitrogens with zero attached hydrogens (tertiary/aromatic N) is 2. The molecule has 1 aromatic heterocycles. The third-order valence-corrected chi connectivity index (χ3v) is 3.35. The van der Waals surface area contributed by atoms with Crippen molar-refractivity contribution in [1.82, 2.24) is 9.55 Å². The highest BCUT2D eigenvalue weighted by Gasteiger charge is 1.98. The molecule has 114 valence electrons. The van der Waals surface area contributed by atoms with Crippen LogP contribution in [-0.2, 0) is 13.0 Å². The maximum atomic E-state index is 5.74. The molecule has 0 atom stereocenters. The Balaban J connectivity index is 0.00000176. The summed E-state index contributed by atoms with van der Waals surface area (Å²) >= 11 is 0. The summed E-state index contributed by atoms with van der Waals surface area (Å²) in [6, 6.07) is 18.8. The predicted molar refractivity (Wildman–Crippen MR) is 90.7 cm³/mol. The molecule has 4 heteroatoms. The average molecular weight is 315 g/mol. The smallest absolute Gasteiger partial charge is 0.119 e. The Hall–Kier alpha value is -2.26. The lowest BCUT2D eigenvalue weighted by Gasteiger charge is -2.08. The lowest BCUT2D eigenvalue weighted by molar-refractivity contribution is 0.298. The molecule has 0 radical (unpaired) electrons. The summed E-state index contributed by atoms with van der Waals surface area (Å²) < 4.78 is 7.74. The molecule has 3 rings (SSSR count). The van der Waals surface area contributed by atoms with Gasteiger partial charge >= 0.3 is 0 Å². The SMILES string of the molecule is Cl.c1ccc(Cc2ccc(OCCn3ccnc3)cc2)cc1. The predicted octanol–water partition coefficient (Wildman–Crippen LogP) is 3.97. The van der Waals surface area contributed by atoms with Gasteiger partial charge in [-0.15, -0.1) is 12.4 Å². The second-order valence-electron chi connectivity index (χ2n) is 4.96. The van der Waals surface area contributed by atoms with Crippen molar-refractivity contribution < 1.29 is 4.74 Å². The first kappa shape index (κ1) is 16.1. The van der Waals surface area contributed by atoms with Crippen LogP contribution in [0.2, 0.25) is 0 Å². The lowest BCUT2D eigenvalue weighted by Crippen LogP contribution is -2.06. The van der Waals surface area contributed by atoms with Crippen molar-refractivity contribution in [3.63, 3.8) is 0 Å². The topological polar surface area (TPSA) is 27.1 Å². The van der Waals surface area contributed by atoms with E-state index in [4.69, 9.17) is 4.74 Å². The summed E-state index contributed by atoms with van der Waals surface area (Å²) in [6.45, 7) is 1.46. The van der Waals surface area contributed by atoms with Crippen molar-refractivity contribution in [2.75, 3.05) is 6.61 Å². The summed E-state index contributed by atoms with van der Waals surface area (Å²) in [6.07, 6.45) is 6.47. The van der Waals surface area contributed by atoms with Gasteiger partial charge < -0.3 is 9.30 Å². The van der Waals surface area contributed by atoms with Crippen LogP contribution in [-0.4, -0.2) is 16.2 Å². The highest BCUT2D eigenvalue weighted by molar-refractivity contribution is 5.85. The third kappa shape index (κ3) is 4.64. The van der Waals surface area contributed by atoms with E-state index < -0.39 is 0 Å². The van der Waals surface area contributed by atoms with E-state index in [2.05, 4.69) is 41.4 Å². The molecule has 3 aromatic rings. The molecule has 2 aromatic carbocycles. The molecule has 0 aliphatic heterocycles. The van der Waals surface area contributed by atoms with E-state index in [1.165, 1.54) is 11.1 Å². The zero-order chi connectivity index (χ0) is 14.3. The van der Waals surface area contributed by atoms with E-state index in [1.54, 1.807) is 12.5 Å². The first-order valence-electron chi connectivity index (χ1n) is 7.11. The Bertz CT molecular complexity index is 651. The quantitative estimate of drug-likeness (QED) is 0.688. The number of rotatable bonds is 6. The van der Waals surface area contributed by atoms with E-state index in [0.29, 0.717) is 6.61 Å². The Morgan fingerprint density at radius 3 is 2.32 bits per heavy atom. The molecule has 0 unspecified atom stereocenters. The molecular formula is C18H19ClN2O. The first-order valence-corrected chi connectivity index (χ1v) is 7.11. The van der Waals surface area contributed by atoms with Crippen LogP contribution in [0.5, 0.6) is 5.75 Å². The highest BCUT2D eigenvalue weighted by atomic mass is 35.5. The lowest BCUT2D eigenvalue weighted by atomic mass is 10.1. The van der Waals surface area contributed by atoms with Crippen molar-refractivity contribution >= 4 is 12.4 Å². The van der Waals surface area contributed by atoms with Crippen molar-refractivity contribution in [2.45, 2.75) is 13.0 Å². The van der Waals surface area contributed by atoms with Gasteiger partial charge in [0.2, 0.25) is 0 Å². The third-order valence-electron chi connectivity index (χ3n) is 3.35. The number of hydrogen-bond donors (Lipinski definition) is 0. The Morgan fingerprint density at radius 1 is 0.909 bits per heavy atom. The fourth-order valence-corrected chi connectivity index (χ4v) is 2.22. The number of hydrogen-bond acceptors (Lipinski definition) is 2. The zero-order valence-electron chi connectivity index (χ0n) is 12.3. The van der Waals surface area contributed by atoms with Crippen LogP contribution in [0.4, 0.5) is 0 Å². The molecule has 0 aliphatic rings. The summed E-state index contributed by atoms with van der Waals surface area (Å²) in [4.78, 5) is 4.01. The minimum atomic E-state index is 0. The number of halogens is 1. The van der Waals surface area contributed by atoms with Gasteiger partial charge in [0.25, 0.3) is 0 Å². The van der Waals surface area contributed by atoms with Gasteiger partial charge in [0.15, 0.2) is 0 Å². The summed E-state index contributed by atoms with van der Waals surface area (Å²) in [5, 5.41) is 0. The number of benzene rings is 2. The second-order valence-corrected chi connectivity index (χ2v) is 4.96. The van der Waals surface area contributed by atoms with Gasteiger partial charge in [-0.1, -0.05) is 42.5 Å². The maximum absolute atomic E-state index is 5.74. The Kier molecular flexibility index (Phi) is 6.04. The standard InChI is InChI=1S/C18H18N2O.ClH/c1-2-4-16(5-3-1)14-17-6-8-18(9-7-17)21-13-12-20-11-10-19-15-20;/h1-11,15H,12-14H2;1H. The summed E-state index contributed by atoms with van der Waals surface area (Å²) in [5.74, 6) is 0.909. The van der Waals surface area contributed by atoms with Gasteiger partial charge in [0, 0.05) is 12.4 Å². The van der Waals surface area contributed by atoms with Crippen LogP contribution >= 0.6 is 12.4 Å². The minimum Gasteiger partial charge on any atom is -0.492 e. The largest absolute Gasteiger partial charge is 0.492 e. The summed E-state index contributed by atoms with van der Waals surface area (Å²) in [5.41, 5.74) is 2.62. The molecule has 22 heavy (non-hydrogen) atoms. The normalized spacial score (nSPS) is 10.0. The maximum Gasteiger partial charge on any atom is 0.119 e. The zero-order valence-corrected chi connectivity index (χ0v) is 13.1. The molecule has 0 fully saturated rings. The van der Waals surface area contributed by atoms with E-state index in [1.807, 2.05) is 29.0 Å². The van der Waals surface area contributed by atoms with Gasteiger partial charge in [0.05, 0.1) is 12.9 Å². The fraction of sp³-hybridized carbons (Fsp3) is 0.167. The van der Waals surface area contributed by atoms with Gasteiger partial charge in [-0.2, -0.15) is 0 Å². The van der Waals surface area contributed by atoms with Crippen molar-refractivity contribution in [3.8, 4) is 5.75 Å². The van der Waals surface area contributed by atoms with Crippen LogP contribution in [0, 0.1) is 0 Å².